The molecule has 0 saturated carbocycles. The summed E-state index contributed by atoms with van der Waals surface area (Å²) in [7, 11) is 0. The Kier molecular flexibility index (Phi) is 6.38. The van der Waals surface area contributed by atoms with E-state index in [1.54, 1.807) is 6.08 Å². The van der Waals surface area contributed by atoms with E-state index in [0.29, 0.717) is 12.1 Å². The molecule has 3 heteroatoms. The van der Waals surface area contributed by atoms with Crippen LogP contribution in [0.25, 0.3) is 0 Å². The second-order valence-electron chi connectivity index (χ2n) is 5.79. The Balaban J connectivity index is 3.05. The topological polar surface area (TPSA) is 38.3 Å². The molecule has 1 rings (SSSR count). The van der Waals surface area contributed by atoms with Crippen LogP contribution in [0.3, 0.4) is 0 Å². The van der Waals surface area contributed by atoms with Gasteiger partial charge in [-0.1, -0.05) is 42.5 Å². The van der Waals surface area contributed by atoms with E-state index in [4.69, 9.17) is 4.74 Å². The van der Waals surface area contributed by atoms with Gasteiger partial charge in [0.25, 0.3) is 0 Å². The third kappa shape index (κ3) is 5.56. The highest BCUT2D eigenvalue weighted by Crippen LogP contribution is 2.24. The van der Waals surface area contributed by atoms with Crippen molar-refractivity contribution in [3.8, 4) is 0 Å². The van der Waals surface area contributed by atoms with E-state index in [1.807, 2.05) is 64.1 Å². The van der Waals surface area contributed by atoms with Crippen molar-refractivity contribution in [2.45, 2.75) is 39.3 Å². The molecule has 0 bridgehead atoms. The molecule has 1 aromatic carbocycles. The van der Waals surface area contributed by atoms with Crippen molar-refractivity contribution < 1.29 is 9.53 Å². The van der Waals surface area contributed by atoms with Crippen molar-refractivity contribution in [1.29, 1.82) is 0 Å². The lowest BCUT2D eigenvalue weighted by atomic mass is 9.98. The van der Waals surface area contributed by atoms with E-state index in [9.17, 15) is 4.79 Å². The molecule has 0 heterocycles. The minimum absolute atomic E-state index is 0.205. The first-order chi connectivity index (χ1) is 9.89. The van der Waals surface area contributed by atoms with Crippen LogP contribution in [-0.2, 0) is 9.53 Å². The van der Waals surface area contributed by atoms with Gasteiger partial charge in [-0.25, -0.2) is 4.79 Å². The summed E-state index contributed by atoms with van der Waals surface area (Å²) in [5, 5.41) is 3.32. The van der Waals surface area contributed by atoms with Crippen LogP contribution in [0.1, 0.15) is 39.3 Å². The Labute approximate surface area is 127 Å². The molecule has 0 amide bonds. The third-order valence-corrected chi connectivity index (χ3v) is 2.86. The number of carbonyl (C=O) groups excluding carboxylic acids is 1. The van der Waals surface area contributed by atoms with Gasteiger partial charge in [-0.15, -0.1) is 6.58 Å². The molecule has 0 aromatic heterocycles. The molecule has 0 aliphatic heterocycles. The summed E-state index contributed by atoms with van der Waals surface area (Å²) in [6.45, 7) is 11.8. The number of benzene rings is 1. The Morgan fingerprint density at radius 3 is 2.43 bits per heavy atom. The van der Waals surface area contributed by atoms with E-state index in [-0.39, 0.29) is 12.0 Å². The van der Waals surface area contributed by atoms with E-state index < -0.39 is 5.60 Å². The van der Waals surface area contributed by atoms with Gasteiger partial charge in [0.2, 0.25) is 0 Å². The second-order valence-corrected chi connectivity index (χ2v) is 5.79. The van der Waals surface area contributed by atoms with E-state index in [1.165, 1.54) is 0 Å². The van der Waals surface area contributed by atoms with Crippen LogP contribution in [0.2, 0.25) is 0 Å². The van der Waals surface area contributed by atoms with Gasteiger partial charge in [0, 0.05) is 6.54 Å². The Bertz CT molecular complexity index is 498. The molecule has 0 aliphatic carbocycles. The highest BCUT2D eigenvalue weighted by molar-refractivity contribution is 5.90. The number of rotatable bonds is 6. The summed E-state index contributed by atoms with van der Waals surface area (Å²) in [5.41, 5.74) is 1.13. The maximum Gasteiger partial charge on any atom is 0.336 e. The van der Waals surface area contributed by atoms with Crippen molar-refractivity contribution in [2.75, 3.05) is 6.54 Å². The number of allylic oxidation sites excluding steroid dienone is 1. The quantitative estimate of drug-likeness (QED) is 0.491. The number of ether oxygens (including phenoxy) is 1. The van der Waals surface area contributed by atoms with Crippen LogP contribution in [0.5, 0.6) is 0 Å². The average molecular weight is 287 g/mol. The smallest absolute Gasteiger partial charge is 0.336 e. The van der Waals surface area contributed by atoms with Crippen LogP contribution in [0.15, 0.2) is 54.6 Å². The fraction of sp³-hybridized carbons (Fsp3) is 0.389. The predicted octanol–water partition coefficient (Wildman–Crippen LogP) is 3.79. The van der Waals surface area contributed by atoms with Crippen LogP contribution < -0.4 is 5.32 Å². The van der Waals surface area contributed by atoms with Crippen molar-refractivity contribution in [3.63, 3.8) is 0 Å². The first-order valence-corrected chi connectivity index (χ1v) is 7.18. The van der Waals surface area contributed by atoms with E-state index in [2.05, 4.69) is 11.9 Å². The lowest BCUT2D eigenvalue weighted by molar-refractivity contribution is -0.150. The van der Waals surface area contributed by atoms with E-state index >= 15 is 0 Å². The summed E-state index contributed by atoms with van der Waals surface area (Å²) in [5.74, 6) is -0.296. The number of esters is 1. The van der Waals surface area contributed by atoms with Gasteiger partial charge in [0.1, 0.15) is 5.60 Å². The molecule has 114 valence electrons. The third-order valence-electron chi connectivity index (χ3n) is 2.86. The molecule has 21 heavy (non-hydrogen) atoms. The van der Waals surface area contributed by atoms with Gasteiger partial charge in [-0.2, -0.15) is 0 Å². The Morgan fingerprint density at radius 1 is 1.33 bits per heavy atom. The van der Waals surface area contributed by atoms with Crippen molar-refractivity contribution in [1.82, 2.24) is 5.32 Å². The SMILES string of the molecule is C=CCNC(/C(=C/C)C(=O)OC(C)(C)C)c1ccccc1. The van der Waals surface area contributed by atoms with Crippen LogP contribution in [0.4, 0.5) is 0 Å². The molecular formula is C18H25NO2. The maximum absolute atomic E-state index is 12.4. The first kappa shape index (κ1) is 17.2. The van der Waals surface area contributed by atoms with Gasteiger partial charge < -0.3 is 10.1 Å². The lowest BCUT2D eigenvalue weighted by Crippen LogP contribution is -2.31. The molecule has 1 atom stereocenters. The zero-order chi connectivity index (χ0) is 15.9. The summed E-state index contributed by atoms with van der Waals surface area (Å²) in [6.07, 6.45) is 3.58. The summed E-state index contributed by atoms with van der Waals surface area (Å²) >= 11 is 0. The molecule has 1 aromatic rings. The largest absolute Gasteiger partial charge is 0.457 e. The summed E-state index contributed by atoms with van der Waals surface area (Å²) in [6, 6.07) is 9.66. The molecule has 1 unspecified atom stereocenters. The minimum Gasteiger partial charge on any atom is -0.457 e. The predicted molar refractivity (Wildman–Crippen MR) is 87.0 cm³/mol. The molecule has 0 radical (unpaired) electrons. The molecule has 1 N–H and O–H groups in total. The fourth-order valence-electron chi connectivity index (χ4n) is 1.99. The molecular weight excluding hydrogens is 262 g/mol. The minimum atomic E-state index is -0.509. The zero-order valence-corrected chi connectivity index (χ0v) is 13.3. The highest BCUT2D eigenvalue weighted by Gasteiger charge is 2.26. The second kappa shape index (κ2) is 7.79. The molecule has 0 aliphatic rings. The normalized spacial score (nSPS) is 13.6. The highest BCUT2D eigenvalue weighted by atomic mass is 16.6. The van der Waals surface area contributed by atoms with Gasteiger partial charge in [0.05, 0.1) is 11.6 Å². The van der Waals surface area contributed by atoms with Crippen molar-refractivity contribution in [2.24, 2.45) is 0 Å². The zero-order valence-electron chi connectivity index (χ0n) is 13.3. The molecule has 0 saturated heterocycles. The van der Waals surface area contributed by atoms with Gasteiger partial charge in [0.15, 0.2) is 0 Å². The van der Waals surface area contributed by atoms with Crippen LogP contribution >= 0.6 is 0 Å². The van der Waals surface area contributed by atoms with Crippen molar-refractivity contribution in [3.05, 3.63) is 60.2 Å². The van der Waals surface area contributed by atoms with Gasteiger partial charge >= 0.3 is 5.97 Å². The Hall–Kier alpha value is -1.87. The standard InChI is InChI=1S/C18H25NO2/c1-6-13-19-16(14-11-9-8-10-12-14)15(7-2)17(20)21-18(3,4)5/h6-12,16,19H,1,13H2,2-5H3/b15-7-. The monoisotopic (exact) mass is 287 g/mol. The first-order valence-electron chi connectivity index (χ1n) is 7.18. The van der Waals surface area contributed by atoms with Crippen molar-refractivity contribution >= 4 is 5.97 Å². The van der Waals surface area contributed by atoms with Crippen LogP contribution in [0, 0.1) is 0 Å². The number of hydrogen-bond acceptors (Lipinski definition) is 3. The molecule has 3 nitrogen and oxygen atoms in total. The lowest BCUT2D eigenvalue weighted by Gasteiger charge is -2.25. The van der Waals surface area contributed by atoms with Gasteiger partial charge in [-0.05, 0) is 33.3 Å². The average Bonchev–Trinajstić information content (AvgIpc) is 2.42. The maximum atomic E-state index is 12.4. The number of nitrogens with one attached hydrogen (secondary N) is 1. The summed E-state index contributed by atoms with van der Waals surface area (Å²) in [4.78, 5) is 12.4. The molecule has 0 fully saturated rings. The number of carbonyl (C=O) groups is 1. The van der Waals surface area contributed by atoms with Gasteiger partial charge in [-0.3, -0.25) is 0 Å². The summed E-state index contributed by atoms with van der Waals surface area (Å²) < 4.78 is 5.50. The van der Waals surface area contributed by atoms with E-state index in [0.717, 1.165) is 5.56 Å². The van der Waals surface area contributed by atoms with Crippen LogP contribution in [-0.4, -0.2) is 18.1 Å². The Morgan fingerprint density at radius 2 is 1.95 bits per heavy atom. The fourth-order valence-corrected chi connectivity index (χ4v) is 1.99. The number of hydrogen-bond donors (Lipinski definition) is 1. The molecule has 0 spiro atoms.